The number of hydrogen-bond donors (Lipinski definition) is 1. The first-order chi connectivity index (χ1) is 14.5. The monoisotopic (exact) mass is 470 g/mol. The lowest BCUT2D eigenvalue weighted by atomic mass is 9.69. The van der Waals surface area contributed by atoms with Gasteiger partial charge in [0.25, 0.3) is 0 Å². The first-order valence-corrected chi connectivity index (χ1v) is 12.7. The summed E-state index contributed by atoms with van der Waals surface area (Å²) in [6.45, 7) is 6.36. The third-order valence-corrected chi connectivity index (χ3v) is 8.77. The van der Waals surface area contributed by atoms with Gasteiger partial charge in [-0.3, -0.25) is 9.59 Å². The SMILES string of the molecule is CC[C@@H](CN1CCCS1(=O)=O)N1C(=O)[C@@](C)(CC(=O)O)C[C@H](C)[C@H]1c1ccc(Cl)cc1. The average Bonchev–Trinajstić information content (AvgIpc) is 3.01. The highest BCUT2D eigenvalue weighted by atomic mass is 35.5. The summed E-state index contributed by atoms with van der Waals surface area (Å²) in [6.07, 6.45) is 1.34. The van der Waals surface area contributed by atoms with E-state index in [1.54, 1.807) is 24.0 Å². The lowest BCUT2D eigenvalue weighted by molar-refractivity contribution is -0.162. The van der Waals surface area contributed by atoms with Gasteiger partial charge in [0.15, 0.2) is 0 Å². The van der Waals surface area contributed by atoms with Crippen LogP contribution in [0.3, 0.4) is 0 Å². The number of benzene rings is 1. The van der Waals surface area contributed by atoms with Crippen LogP contribution in [-0.2, 0) is 19.6 Å². The number of rotatable bonds is 7. The molecule has 0 aromatic heterocycles. The molecular weight excluding hydrogens is 440 g/mol. The Morgan fingerprint density at radius 2 is 1.97 bits per heavy atom. The molecular formula is C22H31ClN2O5S. The number of carbonyl (C=O) groups is 2. The van der Waals surface area contributed by atoms with E-state index >= 15 is 0 Å². The molecule has 0 spiro atoms. The van der Waals surface area contributed by atoms with Crippen molar-refractivity contribution in [1.82, 2.24) is 9.21 Å². The number of piperidine rings is 1. The van der Waals surface area contributed by atoms with Crippen LogP contribution in [0.25, 0.3) is 0 Å². The number of likely N-dealkylation sites (tertiary alicyclic amines) is 1. The number of sulfonamides is 1. The largest absolute Gasteiger partial charge is 0.481 e. The van der Waals surface area contributed by atoms with Crippen LogP contribution in [0.15, 0.2) is 24.3 Å². The topological polar surface area (TPSA) is 95.0 Å². The zero-order chi connectivity index (χ0) is 23.0. The number of carboxylic acids is 1. The molecule has 31 heavy (non-hydrogen) atoms. The van der Waals surface area contributed by atoms with Crippen molar-refractivity contribution < 1.29 is 23.1 Å². The van der Waals surface area contributed by atoms with Gasteiger partial charge >= 0.3 is 5.97 Å². The molecule has 1 N–H and O–H groups in total. The number of hydrogen-bond acceptors (Lipinski definition) is 4. The van der Waals surface area contributed by atoms with Crippen molar-refractivity contribution in [2.75, 3.05) is 18.8 Å². The molecule has 2 saturated heterocycles. The molecule has 7 nitrogen and oxygen atoms in total. The number of halogens is 1. The molecule has 2 aliphatic rings. The van der Waals surface area contributed by atoms with Gasteiger partial charge in [-0.25, -0.2) is 8.42 Å². The minimum atomic E-state index is -3.31. The zero-order valence-corrected chi connectivity index (χ0v) is 19.8. The number of nitrogens with zero attached hydrogens (tertiary/aromatic N) is 2. The summed E-state index contributed by atoms with van der Waals surface area (Å²) in [5.74, 6) is -1.11. The van der Waals surface area contributed by atoms with Crippen molar-refractivity contribution in [3.05, 3.63) is 34.9 Å². The maximum atomic E-state index is 13.8. The van der Waals surface area contributed by atoms with Gasteiger partial charge in [-0.2, -0.15) is 4.31 Å². The minimum absolute atomic E-state index is 0.00698. The Bertz CT molecular complexity index is 936. The highest BCUT2D eigenvalue weighted by Crippen LogP contribution is 2.47. The molecule has 0 aliphatic carbocycles. The van der Waals surface area contributed by atoms with Crippen LogP contribution in [0.5, 0.6) is 0 Å². The quantitative estimate of drug-likeness (QED) is 0.657. The normalized spacial score (nSPS) is 29.8. The Kier molecular flexibility index (Phi) is 7.03. The maximum absolute atomic E-state index is 13.8. The number of aliphatic carboxylic acids is 1. The third kappa shape index (κ3) is 4.91. The summed E-state index contributed by atoms with van der Waals surface area (Å²) in [5, 5.41) is 10.0. The van der Waals surface area contributed by atoms with Gasteiger partial charge in [0, 0.05) is 24.2 Å². The molecule has 0 unspecified atom stereocenters. The number of carboxylic acid groups (broad SMARTS) is 1. The second-order valence-corrected chi connectivity index (χ2v) is 11.6. The second kappa shape index (κ2) is 9.08. The van der Waals surface area contributed by atoms with Crippen LogP contribution in [0, 0.1) is 11.3 Å². The standard InChI is InChI=1S/C22H31ClN2O5S/c1-4-18(14-24-10-5-11-31(24,29)30)25-20(16-6-8-17(23)9-7-16)15(2)12-22(3,21(25)28)13-19(26)27/h6-9,15,18,20H,4-5,10-14H2,1-3H3,(H,26,27)/t15-,18-,20-,22+/m0/s1. The van der Waals surface area contributed by atoms with Crippen molar-refractivity contribution in [1.29, 1.82) is 0 Å². The molecule has 2 heterocycles. The molecule has 2 aliphatic heterocycles. The van der Waals surface area contributed by atoms with Crippen LogP contribution in [0.2, 0.25) is 5.02 Å². The van der Waals surface area contributed by atoms with E-state index in [2.05, 4.69) is 0 Å². The average molecular weight is 471 g/mol. The Morgan fingerprint density at radius 3 is 2.48 bits per heavy atom. The van der Waals surface area contributed by atoms with Crippen molar-refractivity contribution >= 4 is 33.5 Å². The van der Waals surface area contributed by atoms with Crippen molar-refractivity contribution in [2.45, 2.75) is 58.5 Å². The highest BCUT2D eigenvalue weighted by molar-refractivity contribution is 7.89. The predicted octanol–water partition coefficient (Wildman–Crippen LogP) is 3.54. The van der Waals surface area contributed by atoms with Gasteiger partial charge in [-0.1, -0.05) is 44.5 Å². The summed E-state index contributed by atoms with van der Waals surface area (Å²) >= 11 is 6.07. The fourth-order valence-electron chi connectivity index (χ4n) is 5.19. The summed E-state index contributed by atoms with van der Waals surface area (Å²) in [5.41, 5.74) is -0.115. The van der Waals surface area contributed by atoms with E-state index in [-0.39, 0.29) is 42.6 Å². The summed E-state index contributed by atoms with van der Waals surface area (Å²) in [7, 11) is -3.31. The summed E-state index contributed by atoms with van der Waals surface area (Å²) in [6, 6.07) is 6.72. The molecule has 1 aromatic rings. The molecule has 0 radical (unpaired) electrons. The molecule has 4 atom stereocenters. The van der Waals surface area contributed by atoms with E-state index in [1.165, 1.54) is 4.31 Å². The van der Waals surface area contributed by atoms with Crippen molar-refractivity contribution in [3.63, 3.8) is 0 Å². The van der Waals surface area contributed by atoms with E-state index in [0.29, 0.717) is 30.8 Å². The van der Waals surface area contributed by atoms with Gasteiger partial charge < -0.3 is 10.0 Å². The molecule has 0 bridgehead atoms. The second-order valence-electron chi connectivity index (χ2n) is 9.11. The van der Waals surface area contributed by atoms with Crippen molar-refractivity contribution in [2.24, 2.45) is 11.3 Å². The van der Waals surface area contributed by atoms with E-state index in [4.69, 9.17) is 11.6 Å². The molecule has 1 amide bonds. The Labute approximate surface area is 189 Å². The molecule has 172 valence electrons. The Balaban J connectivity index is 2.03. The van der Waals surface area contributed by atoms with E-state index < -0.39 is 21.4 Å². The first kappa shape index (κ1) is 24.0. The van der Waals surface area contributed by atoms with Crippen LogP contribution in [0.4, 0.5) is 0 Å². The molecule has 0 saturated carbocycles. The van der Waals surface area contributed by atoms with Crippen molar-refractivity contribution in [3.8, 4) is 0 Å². The lowest BCUT2D eigenvalue weighted by Gasteiger charge is -2.51. The molecule has 9 heteroatoms. The smallest absolute Gasteiger partial charge is 0.304 e. The predicted molar refractivity (Wildman–Crippen MR) is 119 cm³/mol. The fraction of sp³-hybridized carbons (Fsp3) is 0.636. The number of amides is 1. The minimum Gasteiger partial charge on any atom is -0.481 e. The highest BCUT2D eigenvalue weighted by Gasteiger charge is 2.51. The Morgan fingerprint density at radius 1 is 1.32 bits per heavy atom. The van der Waals surface area contributed by atoms with E-state index in [9.17, 15) is 23.1 Å². The number of carbonyl (C=O) groups excluding carboxylic acids is 1. The van der Waals surface area contributed by atoms with E-state index in [0.717, 1.165) is 5.56 Å². The summed E-state index contributed by atoms with van der Waals surface area (Å²) in [4.78, 5) is 27.1. The van der Waals surface area contributed by atoms with Crippen LogP contribution in [-0.4, -0.2) is 59.5 Å². The molecule has 1 aromatic carbocycles. The molecule has 2 fully saturated rings. The molecule has 3 rings (SSSR count). The van der Waals surface area contributed by atoms with Crippen LogP contribution >= 0.6 is 11.6 Å². The lowest BCUT2D eigenvalue weighted by Crippen LogP contribution is -2.58. The first-order valence-electron chi connectivity index (χ1n) is 10.8. The van der Waals surface area contributed by atoms with E-state index in [1.807, 2.05) is 26.0 Å². The van der Waals surface area contributed by atoms with Gasteiger partial charge in [0.2, 0.25) is 15.9 Å². The van der Waals surface area contributed by atoms with Crippen LogP contribution < -0.4 is 0 Å². The van der Waals surface area contributed by atoms with Gasteiger partial charge in [-0.05, 0) is 42.9 Å². The third-order valence-electron chi connectivity index (χ3n) is 6.60. The van der Waals surface area contributed by atoms with Gasteiger partial charge in [0.05, 0.1) is 23.6 Å². The van der Waals surface area contributed by atoms with Gasteiger partial charge in [0.1, 0.15) is 0 Å². The van der Waals surface area contributed by atoms with Gasteiger partial charge in [-0.15, -0.1) is 0 Å². The van der Waals surface area contributed by atoms with Crippen LogP contribution in [0.1, 0.15) is 58.1 Å². The maximum Gasteiger partial charge on any atom is 0.304 e. The fourth-order valence-corrected chi connectivity index (χ4v) is 6.88. The zero-order valence-electron chi connectivity index (χ0n) is 18.3. The Hall–Kier alpha value is -1.64. The summed E-state index contributed by atoms with van der Waals surface area (Å²) < 4.78 is 26.3.